The average molecular weight is 253 g/mol. The lowest BCUT2D eigenvalue weighted by atomic mass is 10.1. The molecule has 17 heavy (non-hydrogen) atoms. The van der Waals surface area contributed by atoms with Crippen LogP contribution in [0.4, 0.5) is 5.88 Å². The second kappa shape index (κ2) is 3.94. The van der Waals surface area contributed by atoms with Gasteiger partial charge in [-0.2, -0.15) is 0 Å². The van der Waals surface area contributed by atoms with E-state index in [1.54, 1.807) is 12.1 Å². The zero-order valence-corrected chi connectivity index (χ0v) is 9.53. The van der Waals surface area contributed by atoms with Crippen molar-refractivity contribution >= 4 is 17.5 Å². The molecule has 0 aliphatic carbocycles. The molecule has 0 saturated carbocycles. The van der Waals surface area contributed by atoms with E-state index >= 15 is 0 Å². The van der Waals surface area contributed by atoms with Gasteiger partial charge in [0.25, 0.3) is 0 Å². The van der Waals surface area contributed by atoms with Crippen LogP contribution in [0.25, 0.3) is 11.3 Å². The van der Waals surface area contributed by atoms with Gasteiger partial charge >= 0.3 is 0 Å². The summed E-state index contributed by atoms with van der Waals surface area (Å²) in [5, 5.41) is 4.39. The molecule has 0 fully saturated rings. The highest BCUT2D eigenvalue weighted by atomic mass is 35.5. The van der Waals surface area contributed by atoms with Gasteiger partial charge in [0.15, 0.2) is 6.79 Å². The second-order valence-corrected chi connectivity index (χ2v) is 4.07. The summed E-state index contributed by atoms with van der Waals surface area (Å²) in [6.45, 7) is 0.741. The number of fused-ring (bicyclic) bond motifs is 1. The predicted octanol–water partition coefficient (Wildman–Crippen LogP) is 2.44. The van der Waals surface area contributed by atoms with Crippen molar-refractivity contribution in [2.45, 2.75) is 6.61 Å². The fraction of sp³-hybridized carbons (Fsp3) is 0.182. The van der Waals surface area contributed by atoms with Crippen molar-refractivity contribution in [1.82, 2.24) is 5.16 Å². The molecule has 1 aromatic carbocycles. The number of hydrogen-bond donors (Lipinski definition) is 1. The Hall–Kier alpha value is -1.72. The van der Waals surface area contributed by atoms with E-state index in [2.05, 4.69) is 5.16 Å². The molecule has 0 amide bonds. The minimum Gasteiger partial charge on any atom is -0.467 e. The summed E-state index contributed by atoms with van der Waals surface area (Å²) in [6, 6.07) is 5.24. The number of ether oxygens (including phenoxy) is 2. The molecule has 0 radical (unpaired) electrons. The number of hydrogen-bond acceptors (Lipinski definition) is 5. The van der Waals surface area contributed by atoms with Crippen molar-refractivity contribution in [3.8, 4) is 17.0 Å². The van der Waals surface area contributed by atoms with Crippen LogP contribution in [-0.2, 0) is 11.3 Å². The predicted molar refractivity (Wildman–Crippen MR) is 61.6 cm³/mol. The fourth-order valence-corrected chi connectivity index (χ4v) is 1.99. The van der Waals surface area contributed by atoms with Gasteiger partial charge < -0.3 is 19.7 Å². The maximum atomic E-state index is 6.17. The number of anilines is 1. The van der Waals surface area contributed by atoms with E-state index in [9.17, 15) is 0 Å². The van der Waals surface area contributed by atoms with Gasteiger partial charge in [-0.3, -0.25) is 0 Å². The largest absolute Gasteiger partial charge is 0.467 e. The summed E-state index contributed by atoms with van der Waals surface area (Å²) in [5.41, 5.74) is 7.72. The Labute approximate surface area is 102 Å². The van der Waals surface area contributed by atoms with Gasteiger partial charge in [0.2, 0.25) is 5.88 Å². The molecule has 2 N–H and O–H groups in total. The van der Waals surface area contributed by atoms with E-state index in [-0.39, 0.29) is 12.7 Å². The minimum atomic E-state index is 0.245. The van der Waals surface area contributed by atoms with E-state index in [0.717, 1.165) is 16.9 Å². The van der Waals surface area contributed by atoms with Gasteiger partial charge in [-0.1, -0.05) is 16.8 Å². The molecular weight excluding hydrogens is 244 g/mol. The molecule has 0 saturated heterocycles. The van der Waals surface area contributed by atoms with Crippen molar-refractivity contribution in [2.24, 2.45) is 0 Å². The van der Waals surface area contributed by atoms with Gasteiger partial charge in [-0.15, -0.1) is 0 Å². The standard InChI is InChI=1S/C11H9ClN2O3/c12-8-1-6-4-15-5-16-10(6)2-7(8)9-3-11(13)17-14-9/h1-3H,4-5,13H2. The Morgan fingerprint density at radius 2 is 2.18 bits per heavy atom. The number of rotatable bonds is 1. The van der Waals surface area contributed by atoms with Crippen molar-refractivity contribution in [2.75, 3.05) is 12.5 Å². The Balaban J connectivity index is 2.11. The maximum Gasteiger partial charge on any atom is 0.222 e. The summed E-state index contributed by atoms with van der Waals surface area (Å²) >= 11 is 6.17. The number of aromatic nitrogens is 1. The normalized spacial score (nSPS) is 14.2. The molecule has 2 heterocycles. The SMILES string of the molecule is Nc1cc(-c2cc3c(cc2Cl)COCO3)no1. The number of benzene rings is 1. The van der Waals surface area contributed by atoms with Gasteiger partial charge in [0, 0.05) is 17.2 Å². The van der Waals surface area contributed by atoms with Crippen molar-refractivity contribution < 1.29 is 14.0 Å². The summed E-state index contributed by atoms with van der Waals surface area (Å²) in [4.78, 5) is 0. The van der Waals surface area contributed by atoms with Crippen LogP contribution in [0.2, 0.25) is 5.02 Å². The highest BCUT2D eigenvalue weighted by molar-refractivity contribution is 6.33. The Morgan fingerprint density at radius 1 is 1.29 bits per heavy atom. The van der Waals surface area contributed by atoms with Crippen LogP contribution in [0.3, 0.4) is 0 Å². The minimum absolute atomic E-state index is 0.245. The molecule has 1 aliphatic rings. The molecule has 0 atom stereocenters. The monoisotopic (exact) mass is 252 g/mol. The molecule has 0 unspecified atom stereocenters. The van der Waals surface area contributed by atoms with Crippen LogP contribution in [0, 0.1) is 0 Å². The van der Waals surface area contributed by atoms with E-state index in [1.807, 2.05) is 6.07 Å². The zero-order valence-electron chi connectivity index (χ0n) is 8.77. The molecule has 2 aromatic rings. The number of nitrogen functional groups attached to an aromatic ring is 1. The quantitative estimate of drug-likeness (QED) is 0.844. The Kier molecular flexibility index (Phi) is 2.42. The van der Waals surface area contributed by atoms with Crippen LogP contribution in [-0.4, -0.2) is 11.9 Å². The van der Waals surface area contributed by atoms with Crippen LogP contribution >= 0.6 is 11.6 Å². The van der Waals surface area contributed by atoms with E-state index < -0.39 is 0 Å². The van der Waals surface area contributed by atoms with Gasteiger partial charge in [-0.05, 0) is 12.1 Å². The fourth-order valence-electron chi connectivity index (χ4n) is 1.71. The first-order valence-corrected chi connectivity index (χ1v) is 5.37. The maximum absolute atomic E-state index is 6.17. The molecule has 6 heteroatoms. The van der Waals surface area contributed by atoms with Crippen LogP contribution in [0.1, 0.15) is 5.56 Å². The summed E-state index contributed by atoms with van der Waals surface area (Å²) < 4.78 is 15.4. The van der Waals surface area contributed by atoms with Crippen molar-refractivity contribution in [3.05, 3.63) is 28.8 Å². The van der Waals surface area contributed by atoms with E-state index in [1.165, 1.54) is 0 Å². The highest BCUT2D eigenvalue weighted by Crippen LogP contribution is 2.35. The lowest BCUT2D eigenvalue weighted by molar-refractivity contribution is -0.0163. The van der Waals surface area contributed by atoms with Crippen LogP contribution in [0.15, 0.2) is 22.7 Å². The summed E-state index contributed by atoms with van der Waals surface area (Å²) in [7, 11) is 0. The molecule has 0 spiro atoms. The summed E-state index contributed by atoms with van der Waals surface area (Å²) in [6.07, 6.45) is 0. The number of nitrogens with zero attached hydrogens (tertiary/aromatic N) is 1. The zero-order chi connectivity index (χ0) is 11.8. The highest BCUT2D eigenvalue weighted by Gasteiger charge is 2.16. The van der Waals surface area contributed by atoms with Crippen molar-refractivity contribution in [1.29, 1.82) is 0 Å². The van der Waals surface area contributed by atoms with Crippen LogP contribution < -0.4 is 10.5 Å². The topological polar surface area (TPSA) is 70.5 Å². The van der Waals surface area contributed by atoms with Gasteiger partial charge in [0.05, 0.1) is 11.6 Å². The molecule has 1 aromatic heterocycles. The third kappa shape index (κ3) is 1.83. The average Bonchev–Trinajstić information content (AvgIpc) is 2.75. The molecule has 0 bridgehead atoms. The summed E-state index contributed by atoms with van der Waals surface area (Å²) in [5.74, 6) is 0.996. The third-order valence-corrected chi connectivity index (χ3v) is 2.82. The van der Waals surface area contributed by atoms with Crippen molar-refractivity contribution in [3.63, 3.8) is 0 Å². The molecule has 5 nitrogen and oxygen atoms in total. The first-order valence-electron chi connectivity index (χ1n) is 4.99. The molecular formula is C11H9ClN2O3. The lowest BCUT2D eigenvalue weighted by Gasteiger charge is -2.18. The molecule has 3 rings (SSSR count). The van der Waals surface area contributed by atoms with E-state index in [4.69, 9.17) is 31.3 Å². The smallest absolute Gasteiger partial charge is 0.222 e. The third-order valence-electron chi connectivity index (χ3n) is 2.51. The van der Waals surface area contributed by atoms with E-state index in [0.29, 0.717) is 17.3 Å². The Bertz CT molecular complexity index is 568. The number of halogens is 1. The second-order valence-electron chi connectivity index (χ2n) is 3.66. The first kappa shape index (κ1) is 10.4. The number of nitrogens with two attached hydrogens (primary N) is 1. The van der Waals surface area contributed by atoms with Gasteiger partial charge in [-0.25, -0.2) is 0 Å². The molecule has 1 aliphatic heterocycles. The van der Waals surface area contributed by atoms with Gasteiger partial charge in [0.1, 0.15) is 11.4 Å². The Morgan fingerprint density at radius 3 is 2.94 bits per heavy atom. The van der Waals surface area contributed by atoms with Crippen LogP contribution in [0.5, 0.6) is 5.75 Å². The lowest BCUT2D eigenvalue weighted by Crippen LogP contribution is -2.11. The molecule has 88 valence electrons. The first-order chi connectivity index (χ1) is 8.24.